The van der Waals surface area contributed by atoms with Gasteiger partial charge in [-0.2, -0.15) is 5.10 Å². The fraction of sp³-hybridized carbons (Fsp3) is 0.211. The van der Waals surface area contributed by atoms with E-state index in [1.807, 2.05) is 6.07 Å². The Hall–Kier alpha value is -2.55. The molecule has 2 aromatic carbocycles. The number of aromatic nitrogens is 3. The molecule has 2 unspecified atom stereocenters. The van der Waals surface area contributed by atoms with E-state index in [-0.39, 0.29) is 0 Å². The van der Waals surface area contributed by atoms with Crippen LogP contribution in [-0.2, 0) is 0 Å². The molecule has 0 radical (unpaired) electrons. The summed E-state index contributed by atoms with van der Waals surface area (Å²) in [5.41, 5.74) is 6.26. The number of fused-ring (bicyclic) bond motifs is 2. The van der Waals surface area contributed by atoms with Gasteiger partial charge in [-0.15, -0.1) is 0 Å². The Balaban J connectivity index is 1.52. The summed E-state index contributed by atoms with van der Waals surface area (Å²) in [5, 5.41) is 10.3. The first-order valence-corrected chi connectivity index (χ1v) is 7.82. The van der Waals surface area contributed by atoms with Crippen LogP contribution < -0.4 is 0 Å². The van der Waals surface area contributed by atoms with Crippen molar-refractivity contribution in [2.24, 2.45) is 0 Å². The number of nitrogens with one attached hydrogen (secondary N) is 2. The second-order valence-electron chi connectivity index (χ2n) is 6.40. The number of rotatable bonds is 2. The van der Waals surface area contributed by atoms with Crippen LogP contribution in [0.1, 0.15) is 35.2 Å². The van der Waals surface area contributed by atoms with Crippen LogP contribution in [0, 0.1) is 6.92 Å². The van der Waals surface area contributed by atoms with Crippen molar-refractivity contribution in [3.63, 3.8) is 0 Å². The van der Waals surface area contributed by atoms with Crippen LogP contribution in [-0.4, -0.2) is 15.2 Å². The van der Waals surface area contributed by atoms with Crippen molar-refractivity contribution >= 4 is 21.8 Å². The van der Waals surface area contributed by atoms with Gasteiger partial charge in [-0.3, -0.25) is 5.10 Å². The Morgan fingerprint density at radius 1 is 1.05 bits per heavy atom. The molecule has 2 heterocycles. The summed E-state index contributed by atoms with van der Waals surface area (Å²) >= 11 is 0. The van der Waals surface area contributed by atoms with Crippen LogP contribution in [0.3, 0.4) is 0 Å². The monoisotopic (exact) mass is 287 g/mol. The number of aromatic amines is 2. The molecule has 108 valence electrons. The van der Waals surface area contributed by atoms with Crippen LogP contribution in [0.5, 0.6) is 0 Å². The van der Waals surface area contributed by atoms with Gasteiger partial charge >= 0.3 is 0 Å². The highest BCUT2D eigenvalue weighted by atomic mass is 15.1. The van der Waals surface area contributed by atoms with E-state index in [4.69, 9.17) is 0 Å². The van der Waals surface area contributed by atoms with Gasteiger partial charge < -0.3 is 4.98 Å². The van der Waals surface area contributed by atoms with Crippen molar-refractivity contribution in [3.8, 4) is 0 Å². The van der Waals surface area contributed by atoms with Crippen LogP contribution >= 0.6 is 0 Å². The summed E-state index contributed by atoms with van der Waals surface area (Å²) in [5.74, 6) is 1.18. The molecule has 4 aromatic rings. The third-order valence-corrected chi connectivity index (χ3v) is 4.86. The van der Waals surface area contributed by atoms with E-state index in [1.165, 1.54) is 39.7 Å². The lowest BCUT2D eigenvalue weighted by Gasteiger charge is -2.01. The molecule has 2 atom stereocenters. The molecule has 0 bridgehead atoms. The highest BCUT2D eigenvalue weighted by molar-refractivity contribution is 5.83. The molecule has 0 aliphatic heterocycles. The minimum atomic E-state index is 0.570. The largest absolute Gasteiger partial charge is 0.359 e. The number of benzene rings is 2. The molecule has 2 aromatic heterocycles. The van der Waals surface area contributed by atoms with Crippen LogP contribution in [0.4, 0.5) is 0 Å². The smallest absolute Gasteiger partial charge is 0.0923 e. The number of para-hydroxylation sites is 1. The molecule has 0 saturated heterocycles. The van der Waals surface area contributed by atoms with E-state index in [0.717, 1.165) is 5.52 Å². The Morgan fingerprint density at radius 3 is 2.91 bits per heavy atom. The molecule has 1 aliphatic carbocycles. The Bertz CT molecular complexity index is 992. The van der Waals surface area contributed by atoms with Crippen LogP contribution in [0.2, 0.25) is 0 Å². The fourth-order valence-corrected chi connectivity index (χ4v) is 3.67. The summed E-state index contributed by atoms with van der Waals surface area (Å²) in [4.78, 5) is 3.44. The Morgan fingerprint density at radius 2 is 1.95 bits per heavy atom. The molecule has 3 heteroatoms. The lowest BCUT2D eigenvalue weighted by atomic mass is 10.0. The van der Waals surface area contributed by atoms with E-state index < -0.39 is 0 Å². The van der Waals surface area contributed by atoms with Gasteiger partial charge in [-0.05, 0) is 48.4 Å². The van der Waals surface area contributed by atoms with Crippen LogP contribution in [0.25, 0.3) is 21.8 Å². The maximum Gasteiger partial charge on any atom is 0.0923 e. The molecular formula is C19H17N3. The Labute approximate surface area is 128 Å². The Kier molecular flexibility index (Phi) is 2.31. The molecule has 0 amide bonds. The number of aryl methyl sites for hydroxylation is 1. The second kappa shape index (κ2) is 4.23. The summed E-state index contributed by atoms with van der Waals surface area (Å²) in [6.07, 6.45) is 1.21. The molecule has 1 saturated carbocycles. The van der Waals surface area contributed by atoms with Gasteiger partial charge in [0.15, 0.2) is 0 Å². The van der Waals surface area contributed by atoms with Crippen molar-refractivity contribution in [1.82, 2.24) is 15.2 Å². The molecular weight excluding hydrogens is 270 g/mol. The third kappa shape index (κ3) is 1.72. The van der Waals surface area contributed by atoms with Crippen molar-refractivity contribution < 1.29 is 0 Å². The second-order valence-corrected chi connectivity index (χ2v) is 6.40. The van der Waals surface area contributed by atoms with E-state index in [1.54, 1.807) is 0 Å². The lowest BCUT2D eigenvalue weighted by Crippen LogP contribution is -1.86. The first-order valence-electron chi connectivity index (χ1n) is 7.82. The molecule has 0 spiro atoms. The summed E-state index contributed by atoms with van der Waals surface area (Å²) in [6, 6.07) is 17.4. The highest BCUT2D eigenvalue weighted by Gasteiger charge is 2.41. The van der Waals surface area contributed by atoms with Gasteiger partial charge in [0.1, 0.15) is 0 Å². The molecule has 3 nitrogen and oxygen atoms in total. The quantitative estimate of drug-likeness (QED) is 0.555. The fourth-order valence-electron chi connectivity index (χ4n) is 3.67. The van der Waals surface area contributed by atoms with E-state index in [0.29, 0.717) is 11.8 Å². The van der Waals surface area contributed by atoms with Crippen molar-refractivity contribution in [1.29, 1.82) is 0 Å². The lowest BCUT2D eigenvalue weighted by molar-refractivity contribution is 0.943. The maximum absolute atomic E-state index is 4.43. The van der Waals surface area contributed by atoms with Crippen molar-refractivity contribution in [2.45, 2.75) is 25.2 Å². The topological polar surface area (TPSA) is 44.5 Å². The predicted molar refractivity (Wildman–Crippen MR) is 89.2 cm³/mol. The molecule has 1 aliphatic rings. The van der Waals surface area contributed by atoms with Crippen molar-refractivity contribution in [3.05, 3.63) is 65.5 Å². The normalized spacial score (nSPS) is 20.8. The minimum absolute atomic E-state index is 0.570. The van der Waals surface area contributed by atoms with Gasteiger partial charge in [-0.25, -0.2) is 0 Å². The molecule has 5 rings (SSSR count). The van der Waals surface area contributed by atoms with Gasteiger partial charge in [-0.1, -0.05) is 30.3 Å². The minimum Gasteiger partial charge on any atom is -0.359 e. The number of nitrogens with zero attached hydrogens (tertiary/aromatic N) is 1. The predicted octanol–water partition coefficient (Wildman–Crippen LogP) is 4.62. The van der Waals surface area contributed by atoms with E-state index in [9.17, 15) is 0 Å². The zero-order valence-electron chi connectivity index (χ0n) is 12.4. The molecule has 1 fully saturated rings. The standard InChI is InChI=1S/C19H17N3/c1-11-8-13-7-6-12(9-18(13)20-11)15-10-16(15)19-14-4-2-3-5-17(14)21-22-19/h2-9,15-16,20H,10H2,1H3,(H,21,22). The highest BCUT2D eigenvalue weighted by Crippen LogP contribution is 2.55. The summed E-state index contributed by atoms with van der Waals surface area (Å²) < 4.78 is 0. The number of hydrogen-bond acceptors (Lipinski definition) is 1. The zero-order chi connectivity index (χ0) is 14.7. The molecule has 22 heavy (non-hydrogen) atoms. The molecule has 2 N–H and O–H groups in total. The van der Waals surface area contributed by atoms with Gasteiger partial charge in [0, 0.05) is 28.2 Å². The number of hydrogen-bond donors (Lipinski definition) is 2. The zero-order valence-corrected chi connectivity index (χ0v) is 12.4. The van der Waals surface area contributed by atoms with Crippen molar-refractivity contribution in [2.75, 3.05) is 0 Å². The van der Waals surface area contributed by atoms with Gasteiger partial charge in [0.25, 0.3) is 0 Å². The van der Waals surface area contributed by atoms with Crippen LogP contribution in [0.15, 0.2) is 48.5 Å². The third-order valence-electron chi connectivity index (χ3n) is 4.86. The first kappa shape index (κ1) is 12.0. The first-order chi connectivity index (χ1) is 10.8. The van der Waals surface area contributed by atoms with Gasteiger partial charge in [0.2, 0.25) is 0 Å². The SMILES string of the molecule is Cc1cc2ccc(C3CC3c3[nH]nc4ccccc34)cc2[nH]1. The summed E-state index contributed by atoms with van der Waals surface area (Å²) in [6.45, 7) is 2.11. The van der Waals surface area contributed by atoms with E-state index in [2.05, 4.69) is 64.6 Å². The average molecular weight is 287 g/mol. The van der Waals surface area contributed by atoms with E-state index >= 15 is 0 Å². The number of H-pyrrole nitrogens is 2. The average Bonchev–Trinajstić information content (AvgIpc) is 3.05. The van der Waals surface area contributed by atoms with Gasteiger partial charge in [0.05, 0.1) is 5.52 Å². The summed E-state index contributed by atoms with van der Waals surface area (Å²) in [7, 11) is 0. The maximum atomic E-state index is 4.43.